The molecule has 0 aliphatic carbocycles. The lowest BCUT2D eigenvalue weighted by atomic mass is 10.1. The minimum absolute atomic E-state index is 0.00965. The molecule has 0 unspecified atom stereocenters. The highest BCUT2D eigenvalue weighted by Crippen LogP contribution is 2.23. The molecule has 0 bridgehead atoms. The number of aliphatic hydroxyl groups excluding tert-OH is 2. The molecule has 0 aromatic carbocycles. The van der Waals surface area contributed by atoms with Crippen molar-refractivity contribution < 1.29 is 29.3 Å². The fourth-order valence-corrected chi connectivity index (χ4v) is 2.79. The topological polar surface area (TPSA) is 120 Å². The zero-order valence-electron chi connectivity index (χ0n) is 14.1. The first-order chi connectivity index (χ1) is 11.4. The fraction of sp³-hybridized carbons (Fsp3) is 0.867. The zero-order valence-corrected chi connectivity index (χ0v) is 14.1. The first kappa shape index (κ1) is 18.9. The molecule has 4 N–H and O–H groups in total. The first-order valence-electron chi connectivity index (χ1n) is 8.30. The number of aliphatic hydroxyl groups is 2. The normalized spacial score (nSPS) is 30.5. The summed E-state index contributed by atoms with van der Waals surface area (Å²) in [4.78, 5) is 25.4. The number of carbonyl (C=O) groups excluding carboxylic acids is 2. The SMILES string of the molecule is CC(C)NC(=O)C[C@@H]1O[C@H](CNC(=O)N2CCOCC2)[C@@H](O)[C@H]1O. The molecular weight excluding hydrogens is 318 g/mol. The predicted molar refractivity (Wildman–Crippen MR) is 84.4 cm³/mol. The van der Waals surface area contributed by atoms with Gasteiger partial charge in [-0.05, 0) is 13.8 Å². The first-order valence-corrected chi connectivity index (χ1v) is 8.30. The van der Waals surface area contributed by atoms with Crippen LogP contribution in [0.4, 0.5) is 4.79 Å². The van der Waals surface area contributed by atoms with E-state index >= 15 is 0 Å². The third-order valence-corrected chi connectivity index (χ3v) is 4.05. The van der Waals surface area contributed by atoms with Gasteiger partial charge in [0.25, 0.3) is 0 Å². The van der Waals surface area contributed by atoms with Gasteiger partial charge in [-0.1, -0.05) is 0 Å². The van der Waals surface area contributed by atoms with Crippen LogP contribution in [0.25, 0.3) is 0 Å². The van der Waals surface area contributed by atoms with Crippen LogP contribution in [0, 0.1) is 0 Å². The summed E-state index contributed by atoms with van der Waals surface area (Å²) in [6, 6.07) is -0.269. The fourth-order valence-electron chi connectivity index (χ4n) is 2.79. The number of carbonyl (C=O) groups is 2. The summed E-state index contributed by atoms with van der Waals surface area (Å²) in [6.45, 7) is 5.77. The number of amides is 3. The van der Waals surface area contributed by atoms with E-state index < -0.39 is 24.4 Å². The molecule has 2 aliphatic rings. The number of nitrogens with one attached hydrogen (secondary N) is 2. The predicted octanol–water partition coefficient (Wildman–Crippen LogP) is -1.57. The molecule has 3 amide bonds. The van der Waals surface area contributed by atoms with Gasteiger partial charge in [0.2, 0.25) is 5.91 Å². The Kier molecular flexibility index (Phi) is 6.79. The van der Waals surface area contributed by atoms with E-state index in [1.54, 1.807) is 4.90 Å². The van der Waals surface area contributed by atoms with E-state index in [-0.39, 0.29) is 30.9 Å². The number of nitrogens with zero attached hydrogens (tertiary/aromatic N) is 1. The highest BCUT2D eigenvalue weighted by Gasteiger charge is 2.43. The summed E-state index contributed by atoms with van der Waals surface area (Å²) in [5.41, 5.74) is 0. The molecule has 0 aromatic rings. The molecule has 24 heavy (non-hydrogen) atoms. The standard InChI is InChI=1S/C15H27N3O6/c1-9(2)17-12(19)7-10-13(20)14(21)11(24-10)8-16-15(22)18-3-5-23-6-4-18/h9-11,13-14,20-21H,3-8H2,1-2H3,(H,16,22)(H,17,19)/t10-,11+,13-,14+/m0/s1. The molecule has 2 rings (SSSR count). The Morgan fingerprint density at radius 2 is 1.79 bits per heavy atom. The Balaban J connectivity index is 1.79. The molecule has 2 fully saturated rings. The van der Waals surface area contributed by atoms with Crippen LogP contribution in [0.2, 0.25) is 0 Å². The molecule has 138 valence electrons. The molecule has 2 heterocycles. The average Bonchev–Trinajstić information content (AvgIpc) is 2.80. The number of urea groups is 1. The molecule has 9 nitrogen and oxygen atoms in total. The third kappa shape index (κ3) is 5.04. The van der Waals surface area contributed by atoms with Crippen LogP contribution in [0.1, 0.15) is 20.3 Å². The second-order valence-corrected chi connectivity index (χ2v) is 6.41. The van der Waals surface area contributed by atoms with E-state index in [2.05, 4.69) is 10.6 Å². The average molecular weight is 345 g/mol. The van der Waals surface area contributed by atoms with Crippen molar-refractivity contribution in [3.05, 3.63) is 0 Å². The van der Waals surface area contributed by atoms with Crippen LogP contribution in [0.5, 0.6) is 0 Å². The molecule has 2 saturated heterocycles. The molecular formula is C15H27N3O6. The number of morpholine rings is 1. The van der Waals surface area contributed by atoms with Gasteiger partial charge in [-0.25, -0.2) is 4.79 Å². The number of hydrogen-bond acceptors (Lipinski definition) is 6. The van der Waals surface area contributed by atoms with Crippen LogP contribution in [-0.2, 0) is 14.3 Å². The van der Waals surface area contributed by atoms with Crippen LogP contribution in [-0.4, -0.2) is 90.4 Å². The number of hydrogen-bond donors (Lipinski definition) is 4. The minimum Gasteiger partial charge on any atom is -0.388 e. The van der Waals surface area contributed by atoms with Gasteiger partial charge in [0.1, 0.15) is 18.3 Å². The lowest BCUT2D eigenvalue weighted by Gasteiger charge is -2.27. The van der Waals surface area contributed by atoms with Gasteiger partial charge in [0.05, 0.1) is 25.7 Å². The summed E-state index contributed by atoms with van der Waals surface area (Å²) in [6.07, 6.45) is -3.88. The van der Waals surface area contributed by atoms with E-state index in [1.807, 2.05) is 13.8 Å². The molecule has 0 aromatic heterocycles. The van der Waals surface area contributed by atoms with Crippen molar-refractivity contribution in [1.29, 1.82) is 0 Å². The smallest absolute Gasteiger partial charge is 0.317 e. The van der Waals surface area contributed by atoms with Crippen molar-refractivity contribution in [2.45, 2.75) is 50.7 Å². The maximum atomic E-state index is 12.0. The molecule has 0 saturated carbocycles. The van der Waals surface area contributed by atoms with Gasteiger partial charge < -0.3 is 35.2 Å². The Labute approximate surface area is 141 Å². The highest BCUT2D eigenvalue weighted by molar-refractivity contribution is 5.77. The lowest BCUT2D eigenvalue weighted by Crippen LogP contribution is -2.49. The lowest BCUT2D eigenvalue weighted by molar-refractivity contribution is -0.125. The summed E-state index contributed by atoms with van der Waals surface area (Å²) in [7, 11) is 0. The van der Waals surface area contributed by atoms with E-state index in [4.69, 9.17) is 9.47 Å². The van der Waals surface area contributed by atoms with Crippen molar-refractivity contribution in [2.75, 3.05) is 32.8 Å². The monoisotopic (exact) mass is 345 g/mol. The van der Waals surface area contributed by atoms with Crippen molar-refractivity contribution in [1.82, 2.24) is 15.5 Å². The summed E-state index contributed by atoms with van der Waals surface area (Å²) in [5.74, 6) is -0.251. The minimum atomic E-state index is -1.16. The van der Waals surface area contributed by atoms with E-state index in [1.165, 1.54) is 0 Å². The Hall–Kier alpha value is -1.42. The second kappa shape index (κ2) is 8.61. The number of rotatable bonds is 5. The van der Waals surface area contributed by atoms with Gasteiger partial charge >= 0.3 is 6.03 Å². The Morgan fingerprint density at radius 3 is 2.42 bits per heavy atom. The van der Waals surface area contributed by atoms with Gasteiger partial charge in [0.15, 0.2) is 0 Å². The van der Waals surface area contributed by atoms with Crippen LogP contribution >= 0.6 is 0 Å². The molecule has 0 radical (unpaired) electrons. The highest BCUT2D eigenvalue weighted by atomic mass is 16.5. The maximum absolute atomic E-state index is 12.0. The largest absolute Gasteiger partial charge is 0.388 e. The van der Waals surface area contributed by atoms with Crippen molar-refractivity contribution in [2.24, 2.45) is 0 Å². The van der Waals surface area contributed by atoms with E-state index in [0.29, 0.717) is 26.3 Å². The summed E-state index contributed by atoms with van der Waals surface area (Å²) in [5, 5.41) is 25.5. The van der Waals surface area contributed by atoms with Crippen LogP contribution in [0.15, 0.2) is 0 Å². The molecule has 9 heteroatoms. The van der Waals surface area contributed by atoms with Gasteiger partial charge in [0, 0.05) is 25.7 Å². The number of ether oxygens (including phenoxy) is 2. The van der Waals surface area contributed by atoms with Gasteiger partial charge in [-0.3, -0.25) is 4.79 Å². The molecule has 0 spiro atoms. The van der Waals surface area contributed by atoms with E-state index in [0.717, 1.165) is 0 Å². The quantitative estimate of drug-likeness (QED) is 0.478. The summed E-state index contributed by atoms with van der Waals surface area (Å²) < 4.78 is 10.7. The van der Waals surface area contributed by atoms with Crippen LogP contribution < -0.4 is 10.6 Å². The molecule has 4 atom stereocenters. The van der Waals surface area contributed by atoms with Crippen molar-refractivity contribution in [3.8, 4) is 0 Å². The summed E-state index contributed by atoms with van der Waals surface area (Å²) >= 11 is 0. The zero-order chi connectivity index (χ0) is 17.7. The Bertz CT molecular complexity index is 441. The second-order valence-electron chi connectivity index (χ2n) is 6.41. The third-order valence-electron chi connectivity index (χ3n) is 4.05. The van der Waals surface area contributed by atoms with Crippen molar-refractivity contribution >= 4 is 11.9 Å². The molecule has 2 aliphatic heterocycles. The maximum Gasteiger partial charge on any atom is 0.317 e. The van der Waals surface area contributed by atoms with Crippen LogP contribution in [0.3, 0.4) is 0 Å². The van der Waals surface area contributed by atoms with Gasteiger partial charge in [-0.2, -0.15) is 0 Å². The van der Waals surface area contributed by atoms with Crippen molar-refractivity contribution in [3.63, 3.8) is 0 Å². The van der Waals surface area contributed by atoms with E-state index in [9.17, 15) is 19.8 Å². The van der Waals surface area contributed by atoms with Gasteiger partial charge in [-0.15, -0.1) is 0 Å². The Morgan fingerprint density at radius 1 is 1.17 bits per heavy atom.